The van der Waals surface area contributed by atoms with Crippen LogP contribution in [-0.2, 0) is 11.2 Å². The van der Waals surface area contributed by atoms with Crippen LogP contribution in [-0.4, -0.2) is 67.7 Å². The SMILES string of the molecule is CCN1C[C@H](CC(C)N(C)C(C)=O)n2cc(-c3nnc(Cc4ccc(F)cc4)s3)c(=O)c(O)c2C1=O. The van der Waals surface area contributed by atoms with Gasteiger partial charge in [0.15, 0.2) is 16.5 Å². The maximum absolute atomic E-state index is 13.2. The standard InChI is InChI=1S/C25H28FN5O4S/c1-5-30-12-18(10-14(2)29(4)15(3)32)31-13-19(22(33)23(34)21(31)25(30)35)24-28-27-20(36-24)11-16-6-8-17(26)9-7-16/h6-9,13-14,18,34H,5,10-12H2,1-4H3/t14?,18-/m0/s1. The van der Waals surface area contributed by atoms with Crippen LogP contribution in [0, 0.1) is 5.82 Å². The fourth-order valence-electron chi connectivity index (χ4n) is 4.38. The number of hydrogen-bond acceptors (Lipinski definition) is 7. The Hall–Kier alpha value is -3.60. The van der Waals surface area contributed by atoms with E-state index in [9.17, 15) is 23.9 Å². The van der Waals surface area contributed by atoms with E-state index in [1.807, 2.05) is 13.8 Å². The van der Waals surface area contributed by atoms with Crippen molar-refractivity contribution in [2.75, 3.05) is 20.1 Å². The monoisotopic (exact) mass is 513 g/mol. The van der Waals surface area contributed by atoms with Gasteiger partial charge < -0.3 is 19.5 Å². The van der Waals surface area contributed by atoms with Crippen LogP contribution in [0.4, 0.5) is 4.39 Å². The molecule has 3 aromatic rings. The number of amides is 2. The van der Waals surface area contributed by atoms with Crippen molar-refractivity contribution in [1.29, 1.82) is 0 Å². The Morgan fingerprint density at radius 2 is 1.97 bits per heavy atom. The summed E-state index contributed by atoms with van der Waals surface area (Å²) >= 11 is 1.20. The molecule has 0 spiro atoms. The van der Waals surface area contributed by atoms with Crippen molar-refractivity contribution >= 4 is 23.2 Å². The number of halogens is 1. The van der Waals surface area contributed by atoms with E-state index in [2.05, 4.69) is 10.2 Å². The van der Waals surface area contributed by atoms with Gasteiger partial charge >= 0.3 is 0 Å². The number of fused-ring (bicyclic) bond motifs is 1. The molecule has 9 nitrogen and oxygen atoms in total. The highest BCUT2D eigenvalue weighted by atomic mass is 32.1. The molecule has 190 valence electrons. The van der Waals surface area contributed by atoms with E-state index < -0.39 is 17.1 Å². The normalized spacial score (nSPS) is 16.1. The zero-order chi connectivity index (χ0) is 26.1. The molecule has 0 saturated heterocycles. The van der Waals surface area contributed by atoms with Gasteiger partial charge in [-0.05, 0) is 38.0 Å². The molecule has 2 atom stereocenters. The molecule has 11 heteroatoms. The minimum absolute atomic E-state index is 0.0596. The number of likely N-dealkylation sites (N-methyl/N-ethyl adjacent to an activating group) is 1. The fourth-order valence-corrected chi connectivity index (χ4v) is 5.26. The lowest BCUT2D eigenvalue weighted by molar-refractivity contribution is -0.129. The summed E-state index contributed by atoms with van der Waals surface area (Å²) in [6.07, 6.45) is 2.49. The molecule has 1 unspecified atom stereocenters. The lowest BCUT2D eigenvalue weighted by Crippen LogP contribution is -2.46. The maximum atomic E-state index is 13.2. The van der Waals surface area contributed by atoms with Crippen molar-refractivity contribution in [1.82, 2.24) is 24.6 Å². The van der Waals surface area contributed by atoms with E-state index >= 15 is 0 Å². The van der Waals surface area contributed by atoms with Gasteiger partial charge in [-0.3, -0.25) is 14.4 Å². The van der Waals surface area contributed by atoms with Crippen molar-refractivity contribution in [3.8, 4) is 16.3 Å². The second-order valence-electron chi connectivity index (χ2n) is 8.99. The summed E-state index contributed by atoms with van der Waals surface area (Å²) in [5.41, 5.74) is 0.243. The molecule has 1 aliphatic rings. The van der Waals surface area contributed by atoms with Gasteiger partial charge in [-0.1, -0.05) is 23.5 Å². The second kappa shape index (κ2) is 10.2. The fraction of sp³-hybridized carbons (Fsp3) is 0.400. The molecule has 36 heavy (non-hydrogen) atoms. The van der Waals surface area contributed by atoms with E-state index in [1.165, 1.54) is 30.4 Å². The zero-order valence-electron chi connectivity index (χ0n) is 20.6. The molecule has 1 N–H and O–H groups in total. The van der Waals surface area contributed by atoms with Gasteiger partial charge in [-0.25, -0.2) is 4.39 Å². The van der Waals surface area contributed by atoms with Crippen LogP contribution in [0.5, 0.6) is 5.75 Å². The van der Waals surface area contributed by atoms with E-state index in [1.54, 1.807) is 39.7 Å². The minimum atomic E-state index is -0.690. The largest absolute Gasteiger partial charge is 0.503 e. The molecule has 2 amide bonds. The quantitative estimate of drug-likeness (QED) is 0.520. The lowest BCUT2D eigenvalue weighted by Gasteiger charge is -2.38. The molecular weight excluding hydrogens is 485 g/mol. The van der Waals surface area contributed by atoms with E-state index in [-0.39, 0.29) is 35.1 Å². The topological polar surface area (TPSA) is 109 Å². The average molecular weight is 514 g/mol. The van der Waals surface area contributed by atoms with Crippen molar-refractivity contribution in [3.05, 3.63) is 62.8 Å². The Morgan fingerprint density at radius 3 is 2.61 bits per heavy atom. The number of aromatic nitrogens is 3. The van der Waals surface area contributed by atoms with Crippen molar-refractivity contribution in [3.63, 3.8) is 0 Å². The Labute approximate surface area is 211 Å². The second-order valence-corrected chi connectivity index (χ2v) is 10.1. The third-order valence-corrected chi connectivity index (χ3v) is 7.60. The van der Waals surface area contributed by atoms with Gasteiger partial charge in [0.2, 0.25) is 11.3 Å². The van der Waals surface area contributed by atoms with Crippen LogP contribution < -0.4 is 5.43 Å². The van der Waals surface area contributed by atoms with E-state index in [0.29, 0.717) is 35.9 Å². The molecule has 0 radical (unpaired) electrons. The molecule has 0 saturated carbocycles. The Morgan fingerprint density at radius 1 is 1.28 bits per heavy atom. The third-order valence-electron chi connectivity index (χ3n) is 6.64. The molecule has 1 aliphatic heterocycles. The van der Waals surface area contributed by atoms with E-state index in [0.717, 1.165) is 5.56 Å². The molecule has 0 bridgehead atoms. The smallest absolute Gasteiger partial charge is 0.274 e. The number of nitrogens with zero attached hydrogens (tertiary/aromatic N) is 5. The van der Waals surface area contributed by atoms with Crippen LogP contribution in [0.15, 0.2) is 35.3 Å². The lowest BCUT2D eigenvalue weighted by atomic mass is 10.0. The van der Waals surface area contributed by atoms with Gasteiger partial charge in [0.1, 0.15) is 10.8 Å². The summed E-state index contributed by atoms with van der Waals surface area (Å²) in [5.74, 6) is -1.45. The minimum Gasteiger partial charge on any atom is -0.503 e. The Bertz CT molecular complexity index is 1350. The van der Waals surface area contributed by atoms with Crippen molar-refractivity contribution in [2.24, 2.45) is 0 Å². The van der Waals surface area contributed by atoms with Gasteiger partial charge in [0.25, 0.3) is 5.91 Å². The molecule has 2 aromatic heterocycles. The van der Waals surface area contributed by atoms with Gasteiger partial charge in [-0.15, -0.1) is 10.2 Å². The number of carbonyl (C=O) groups excluding carboxylic acids is 2. The number of aromatic hydroxyl groups is 1. The summed E-state index contributed by atoms with van der Waals surface area (Å²) in [7, 11) is 1.72. The molecule has 1 aromatic carbocycles. The zero-order valence-corrected chi connectivity index (χ0v) is 21.4. The molecule has 0 aliphatic carbocycles. The van der Waals surface area contributed by atoms with Crippen LogP contribution in [0.1, 0.15) is 54.3 Å². The van der Waals surface area contributed by atoms with Crippen LogP contribution in [0.2, 0.25) is 0 Å². The molecular formula is C25H28FN5O4S. The maximum Gasteiger partial charge on any atom is 0.274 e. The first-order chi connectivity index (χ1) is 17.1. The van der Waals surface area contributed by atoms with Crippen molar-refractivity contribution in [2.45, 2.75) is 45.7 Å². The highest BCUT2D eigenvalue weighted by molar-refractivity contribution is 7.14. The Balaban J connectivity index is 1.73. The van der Waals surface area contributed by atoms with Gasteiger partial charge in [0, 0.05) is 45.7 Å². The van der Waals surface area contributed by atoms with E-state index in [4.69, 9.17) is 0 Å². The molecule has 3 heterocycles. The first kappa shape index (κ1) is 25.5. The Kier molecular flexibility index (Phi) is 7.21. The van der Waals surface area contributed by atoms with Gasteiger partial charge in [-0.2, -0.15) is 0 Å². The van der Waals surface area contributed by atoms with Crippen LogP contribution in [0.3, 0.4) is 0 Å². The first-order valence-electron chi connectivity index (χ1n) is 11.7. The summed E-state index contributed by atoms with van der Waals surface area (Å²) < 4.78 is 14.9. The highest BCUT2D eigenvalue weighted by Gasteiger charge is 2.35. The predicted octanol–water partition coefficient (Wildman–Crippen LogP) is 3.08. The first-order valence-corrected chi connectivity index (χ1v) is 12.5. The van der Waals surface area contributed by atoms with Crippen molar-refractivity contribution < 1.29 is 19.1 Å². The molecule has 4 rings (SSSR count). The van der Waals surface area contributed by atoms with Crippen LogP contribution >= 0.6 is 11.3 Å². The summed E-state index contributed by atoms with van der Waals surface area (Å²) in [5, 5.41) is 20.1. The van der Waals surface area contributed by atoms with Gasteiger partial charge in [0.05, 0.1) is 11.6 Å². The number of rotatable bonds is 7. The summed E-state index contributed by atoms with van der Waals surface area (Å²) in [6.45, 7) is 6.05. The highest BCUT2D eigenvalue weighted by Crippen LogP contribution is 2.33. The number of hydrogen-bond donors (Lipinski definition) is 1. The average Bonchev–Trinajstić information content (AvgIpc) is 3.31. The number of benzene rings is 1. The van der Waals surface area contributed by atoms with Crippen LogP contribution in [0.25, 0.3) is 10.6 Å². The third kappa shape index (κ3) is 4.88. The number of carbonyl (C=O) groups is 2. The summed E-state index contributed by atoms with van der Waals surface area (Å²) in [4.78, 5) is 41.3. The summed E-state index contributed by atoms with van der Waals surface area (Å²) in [6, 6.07) is 5.64. The molecule has 0 fully saturated rings. The number of pyridine rings is 1. The predicted molar refractivity (Wildman–Crippen MR) is 134 cm³/mol.